The van der Waals surface area contributed by atoms with Gasteiger partial charge in [0, 0.05) is 30.7 Å². The summed E-state index contributed by atoms with van der Waals surface area (Å²) < 4.78 is 53.2. The average molecular weight is 448 g/mol. The molecule has 0 spiro atoms. The second kappa shape index (κ2) is 8.22. The predicted molar refractivity (Wildman–Crippen MR) is 115 cm³/mol. The van der Waals surface area contributed by atoms with E-state index in [-0.39, 0.29) is 21.5 Å². The highest BCUT2D eigenvalue weighted by Crippen LogP contribution is 2.30. The van der Waals surface area contributed by atoms with Gasteiger partial charge in [-0.1, -0.05) is 20.8 Å². The molecular weight excluding hydrogens is 421 g/mol. The largest absolute Gasteiger partial charge is 0.350 e. The lowest BCUT2D eigenvalue weighted by Gasteiger charge is -2.21. The molecule has 0 radical (unpaired) electrons. The molecule has 1 fully saturated rings. The molecule has 0 saturated carbocycles. The van der Waals surface area contributed by atoms with Crippen molar-refractivity contribution >= 4 is 20.9 Å². The zero-order chi connectivity index (χ0) is 22.2. The van der Waals surface area contributed by atoms with Gasteiger partial charge in [0.05, 0.1) is 34.0 Å². The van der Waals surface area contributed by atoms with Crippen LogP contribution in [0.15, 0.2) is 58.4 Å². The molecule has 0 aliphatic carbocycles. The monoisotopic (exact) mass is 447 g/mol. The van der Waals surface area contributed by atoms with E-state index in [0.29, 0.717) is 31.7 Å². The minimum atomic E-state index is -3.91. The Kier molecular flexibility index (Phi) is 5.76. The van der Waals surface area contributed by atoms with Gasteiger partial charge in [-0.2, -0.15) is 4.39 Å². The molecule has 1 aromatic carbocycles. The summed E-state index contributed by atoms with van der Waals surface area (Å²) >= 11 is 0. The SMILES string of the molecule is CC(C)(C)c1nc2cc(S(=O)(=O)C3=CC=CNC(F)=C3)ccc2n1CCC1OCCO1. The van der Waals surface area contributed by atoms with E-state index in [1.807, 2.05) is 0 Å². The maximum Gasteiger partial charge on any atom is 0.206 e. The Bertz CT molecular complexity index is 1180. The van der Waals surface area contributed by atoms with E-state index in [2.05, 4.69) is 30.7 Å². The summed E-state index contributed by atoms with van der Waals surface area (Å²) in [6, 6.07) is 4.85. The van der Waals surface area contributed by atoms with Gasteiger partial charge >= 0.3 is 0 Å². The molecule has 0 bridgehead atoms. The van der Waals surface area contributed by atoms with Crippen molar-refractivity contribution in [1.82, 2.24) is 14.9 Å². The molecule has 31 heavy (non-hydrogen) atoms. The Morgan fingerprint density at radius 1 is 1.26 bits per heavy atom. The number of nitrogens with one attached hydrogen (secondary N) is 1. The third kappa shape index (κ3) is 4.44. The van der Waals surface area contributed by atoms with E-state index in [1.54, 1.807) is 18.2 Å². The van der Waals surface area contributed by atoms with Gasteiger partial charge in [-0.05, 0) is 30.4 Å². The number of imidazole rings is 1. The van der Waals surface area contributed by atoms with E-state index in [9.17, 15) is 12.8 Å². The van der Waals surface area contributed by atoms with Crippen molar-refractivity contribution in [2.24, 2.45) is 0 Å². The molecule has 9 heteroatoms. The van der Waals surface area contributed by atoms with Gasteiger partial charge in [0.15, 0.2) is 12.2 Å². The maximum atomic E-state index is 13.8. The van der Waals surface area contributed by atoms with Gasteiger partial charge in [-0.3, -0.25) is 0 Å². The van der Waals surface area contributed by atoms with Gasteiger partial charge in [-0.15, -0.1) is 0 Å². The molecule has 0 unspecified atom stereocenters. The first-order valence-corrected chi connectivity index (χ1v) is 11.6. The second-order valence-electron chi connectivity index (χ2n) is 8.52. The molecule has 7 nitrogen and oxygen atoms in total. The number of sulfone groups is 1. The molecule has 166 valence electrons. The van der Waals surface area contributed by atoms with E-state index in [4.69, 9.17) is 14.5 Å². The highest BCUT2D eigenvalue weighted by molar-refractivity contribution is 7.95. The first-order valence-electron chi connectivity index (χ1n) is 10.2. The fourth-order valence-corrected chi connectivity index (χ4v) is 4.98. The van der Waals surface area contributed by atoms with Gasteiger partial charge in [-0.25, -0.2) is 13.4 Å². The number of allylic oxidation sites excluding steroid dienone is 3. The van der Waals surface area contributed by atoms with Crippen LogP contribution in [0.1, 0.15) is 33.0 Å². The third-order valence-corrected chi connectivity index (χ3v) is 6.89. The molecule has 2 aliphatic rings. The third-order valence-electron chi connectivity index (χ3n) is 5.14. The first kappa shape index (κ1) is 21.7. The van der Waals surface area contributed by atoms with E-state index >= 15 is 0 Å². The zero-order valence-electron chi connectivity index (χ0n) is 17.8. The number of fused-ring (bicyclic) bond motifs is 1. The maximum absolute atomic E-state index is 13.8. The molecule has 1 aromatic heterocycles. The normalized spacial score (nSPS) is 18.1. The molecular formula is C22H26FN3O4S. The lowest BCUT2D eigenvalue weighted by atomic mass is 9.95. The number of benzene rings is 1. The van der Waals surface area contributed by atoms with E-state index in [0.717, 1.165) is 17.4 Å². The summed E-state index contributed by atoms with van der Waals surface area (Å²) in [7, 11) is -3.91. The smallest absolute Gasteiger partial charge is 0.206 e. The Balaban J connectivity index is 1.74. The molecule has 3 heterocycles. The number of nitrogens with zero attached hydrogens (tertiary/aromatic N) is 2. The number of hydrogen-bond acceptors (Lipinski definition) is 6. The van der Waals surface area contributed by atoms with Crippen LogP contribution in [0, 0.1) is 0 Å². The summed E-state index contributed by atoms with van der Waals surface area (Å²) in [5.41, 5.74) is 1.16. The van der Waals surface area contributed by atoms with Gasteiger partial charge in [0.1, 0.15) is 5.82 Å². The Morgan fingerprint density at radius 2 is 2.00 bits per heavy atom. The summed E-state index contributed by atoms with van der Waals surface area (Å²) in [6.45, 7) is 8.02. The van der Waals surface area contributed by atoms with Crippen LogP contribution >= 0.6 is 0 Å². The van der Waals surface area contributed by atoms with Crippen LogP contribution in [0.25, 0.3) is 11.0 Å². The number of aryl methyl sites for hydroxylation is 1. The van der Waals surface area contributed by atoms with Crippen molar-refractivity contribution in [1.29, 1.82) is 0 Å². The van der Waals surface area contributed by atoms with Crippen LogP contribution in [0.4, 0.5) is 4.39 Å². The number of ether oxygens (including phenoxy) is 2. The average Bonchev–Trinajstić information content (AvgIpc) is 3.29. The van der Waals surface area contributed by atoms with E-state index < -0.39 is 15.8 Å². The van der Waals surface area contributed by atoms with Crippen LogP contribution in [-0.2, 0) is 31.3 Å². The minimum Gasteiger partial charge on any atom is -0.350 e. The van der Waals surface area contributed by atoms with Crippen LogP contribution in [0.2, 0.25) is 0 Å². The number of hydrogen-bond donors (Lipinski definition) is 1. The first-order chi connectivity index (χ1) is 14.7. The molecule has 0 atom stereocenters. The number of rotatable bonds is 5. The Hall–Kier alpha value is -2.49. The van der Waals surface area contributed by atoms with Gasteiger partial charge < -0.3 is 19.4 Å². The van der Waals surface area contributed by atoms with Crippen molar-refractivity contribution in [2.75, 3.05) is 13.2 Å². The van der Waals surface area contributed by atoms with Crippen molar-refractivity contribution < 1.29 is 22.3 Å². The summed E-state index contributed by atoms with van der Waals surface area (Å²) in [5, 5.41) is 2.35. The summed E-state index contributed by atoms with van der Waals surface area (Å²) in [6.07, 6.45) is 5.56. The Labute approximate surface area is 181 Å². The highest BCUT2D eigenvalue weighted by Gasteiger charge is 2.26. The second-order valence-corrected chi connectivity index (χ2v) is 10.5. The molecule has 0 amide bonds. The van der Waals surface area contributed by atoms with E-state index in [1.165, 1.54) is 18.4 Å². The van der Waals surface area contributed by atoms with Crippen molar-refractivity contribution in [3.05, 3.63) is 59.3 Å². The minimum absolute atomic E-state index is 0.0677. The zero-order valence-corrected chi connectivity index (χ0v) is 18.6. The quantitative estimate of drug-likeness (QED) is 0.704. The topological polar surface area (TPSA) is 82.5 Å². The standard InChI is InChI=1S/C22H26FN3O4S/c1-22(2,3)21-25-17-13-16(31(27,28)15-5-4-9-24-19(23)14-15)6-7-18(17)26(21)10-8-20-29-11-12-30-20/h4-7,9,13-14,20,24H,8,10-12H2,1-3H3. The lowest BCUT2D eigenvalue weighted by Crippen LogP contribution is -2.21. The summed E-state index contributed by atoms with van der Waals surface area (Å²) in [4.78, 5) is 4.70. The van der Waals surface area contributed by atoms with Gasteiger partial charge in [0.2, 0.25) is 9.84 Å². The van der Waals surface area contributed by atoms with Crippen LogP contribution in [-0.4, -0.2) is 37.5 Å². The van der Waals surface area contributed by atoms with Crippen molar-refractivity contribution in [3.8, 4) is 0 Å². The predicted octanol–water partition coefficient (Wildman–Crippen LogP) is 3.68. The lowest BCUT2D eigenvalue weighted by molar-refractivity contribution is -0.0490. The number of aromatic nitrogens is 2. The highest BCUT2D eigenvalue weighted by atomic mass is 32.2. The number of halogens is 1. The van der Waals surface area contributed by atoms with Crippen LogP contribution in [0.5, 0.6) is 0 Å². The molecule has 1 saturated heterocycles. The molecule has 4 rings (SSSR count). The van der Waals surface area contributed by atoms with Crippen molar-refractivity contribution in [3.63, 3.8) is 0 Å². The molecule has 2 aromatic rings. The van der Waals surface area contributed by atoms with Crippen LogP contribution in [0.3, 0.4) is 0 Å². The molecule has 1 N–H and O–H groups in total. The Morgan fingerprint density at radius 3 is 2.71 bits per heavy atom. The summed E-state index contributed by atoms with van der Waals surface area (Å²) in [5.74, 6) is 0.113. The fraction of sp³-hybridized carbons (Fsp3) is 0.409. The molecule has 2 aliphatic heterocycles. The fourth-order valence-electron chi connectivity index (χ4n) is 3.67. The van der Waals surface area contributed by atoms with Crippen molar-refractivity contribution in [2.45, 2.75) is 50.3 Å². The van der Waals surface area contributed by atoms with Crippen LogP contribution < -0.4 is 5.32 Å². The van der Waals surface area contributed by atoms with Gasteiger partial charge in [0.25, 0.3) is 0 Å².